The Hall–Kier alpha value is -1.39. The molecule has 1 unspecified atom stereocenters. The van der Waals surface area contributed by atoms with Crippen LogP contribution in [0.15, 0.2) is 11.3 Å². The maximum Gasteiger partial charge on any atom is 0.311 e. The number of carbonyl (C=O) groups is 1. The number of aliphatic hydroxyl groups is 4. The van der Waals surface area contributed by atoms with Gasteiger partial charge >= 0.3 is 5.97 Å². The first kappa shape index (κ1) is 43.3. The second-order valence-electron chi connectivity index (χ2n) is 17.1. The fourth-order valence-corrected chi connectivity index (χ4v) is 9.00. The Morgan fingerprint density at radius 2 is 1.62 bits per heavy atom. The van der Waals surface area contributed by atoms with Crippen molar-refractivity contribution in [3.8, 4) is 0 Å². The van der Waals surface area contributed by atoms with Gasteiger partial charge in [-0.3, -0.25) is 9.69 Å². The molecule has 17 atom stereocenters. The van der Waals surface area contributed by atoms with Crippen LogP contribution in [0.3, 0.4) is 0 Å². The lowest BCUT2D eigenvalue weighted by Gasteiger charge is -2.49. The van der Waals surface area contributed by atoms with Gasteiger partial charge in [-0.15, -0.1) is 0 Å². The highest BCUT2D eigenvalue weighted by molar-refractivity contribution is 5.73. The van der Waals surface area contributed by atoms with Crippen LogP contribution >= 0.6 is 0 Å². The maximum absolute atomic E-state index is 14.2. The molecule has 4 rings (SSSR count). The van der Waals surface area contributed by atoms with E-state index in [0.29, 0.717) is 18.6 Å². The second-order valence-corrected chi connectivity index (χ2v) is 17.1. The molecule has 0 aromatic rings. The number of fused-ring (bicyclic) bond motifs is 2. The standard InChI is InChI=1S/C39H69NO12/c1-15-27-39(12,45)32(42)22(6)30-20(4)17-38(11,52-30)34(51-36-29(41)26(16-21(5)47-36)40(13)19(2)3)23(7)31(24(8)35(44)49-27)50-28-18-37(10,46-14)33(43)25(9)48-28/h19,21-29,31-34,36,41-43,45H,15-18H2,1-14H3/t21-,22+,23+,24-,25+,26+,27-,28+,29-,31?,32-,33+,34+,36+,37-,38-,39-/m1/s1. The van der Waals surface area contributed by atoms with Gasteiger partial charge in [0, 0.05) is 43.9 Å². The minimum atomic E-state index is -1.82. The summed E-state index contributed by atoms with van der Waals surface area (Å²) in [7, 11) is 3.51. The zero-order chi connectivity index (χ0) is 39.2. The Morgan fingerprint density at radius 1 is 0.981 bits per heavy atom. The van der Waals surface area contributed by atoms with E-state index in [1.807, 2.05) is 34.7 Å². The van der Waals surface area contributed by atoms with Crippen LogP contribution < -0.4 is 0 Å². The molecule has 3 saturated heterocycles. The smallest absolute Gasteiger partial charge is 0.311 e. The quantitative estimate of drug-likeness (QED) is 0.267. The molecule has 52 heavy (non-hydrogen) atoms. The molecule has 0 radical (unpaired) electrons. The number of cyclic esters (lactones) is 1. The number of likely N-dealkylation sites (N-methyl/N-ethyl adjacent to an activating group) is 1. The number of hydrogen-bond donors (Lipinski definition) is 4. The van der Waals surface area contributed by atoms with Gasteiger partial charge in [-0.2, -0.15) is 0 Å². The molecule has 4 heterocycles. The predicted molar refractivity (Wildman–Crippen MR) is 193 cm³/mol. The largest absolute Gasteiger partial charge is 0.489 e. The average molecular weight is 744 g/mol. The molecule has 0 aromatic heterocycles. The molecule has 3 fully saturated rings. The summed E-state index contributed by atoms with van der Waals surface area (Å²) < 4.78 is 44.9. The highest BCUT2D eigenvalue weighted by Crippen LogP contribution is 2.47. The van der Waals surface area contributed by atoms with Gasteiger partial charge in [-0.05, 0) is 87.8 Å². The third-order valence-electron chi connectivity index (χ3n) is 12.6. The van der Waals surface area contributed by atoms with Crippen LogP contribution in [0.5, 0.6) is 0 Å². The van der Waals surface area contributed by atoms with Crippen LogP contribution in [0.1, 0.15) is 109 Å². The van der Waals surface area contributed by atoms with Crippen LogP contribution in [-0.2, 0) is 38.0 Å². The van der Waals surface area contributed by atoms with E-state index in [-0.39, 0.29) is 31.0 Å². The van der Waals surface area contributed by atoms with E-state index >= 15 is 0 Å². The first-order valence-corrected chi connectivity index (χ1v) is 19.3. The molecule has 302 valence electrons. The summed E-state index contributed by atoms with van der Waals surface area (Å²) in [6.07, 6.45) is -7.45. The summed E-state index contributed by atoms with van der Waals surface area (Å²) in [6.45, 7) is 22.2. The molecule has 0 spiro atoms. The van der Waals surface area contributed by atoms with Crippen LogP contribution in [0.25, 0.3) is 0 Å². The van der Waals surface area contributed by atoms with Crippen molar-refractivity contribution in [2.75, 3.05) is 14.2 Å². The fraction of sp³-hybridized carbons (Fsp3) is 0.923. The van der Waals surface area contributed by atoms with E-state index in [0.717, 1.165) is 5.57 Å². The van der Waals surface area contributed by atoms with Crippen LogP contribution in [0.2, 0.25) is 0 Å². The Balaban J connectivity index is 1.84. The van der Waals surface area contributed by atoms with Crippen LogP contribution in [-0.4, -0.2) is 136 Å². The predicted octanol–water partition coefficient (Wildman–Crippen LogP) is 3.67. The van der Waals surface area contributed by atoms with Crippen molar-refractivity contribution in [3.05, 3.63) is 11.3 Å². The second kappa shape index (κ2) is 16.4. The summed E-state index contributed by atoms with van der Waals surface area (Å²) in [6, 6.07) is -0.0815. The fourth-order valence-electron chi connectivity index (χ4n) is 9.00. The van der Waals surface area contributed by atoms with Crippen molar-refractivity contribution in [3.63, 3.8) is 0 Å². The van der Waals surface area contributed by atoms with Gasteiger partial charge < -0.3 is 53.6 Å². The van der Waals surface area contributed by atoms with Crippen molar-refractivity contribution in [2.24, 2.45) is 17.8 Å². The summed E-state index contributed by atoms with van der Waals surface area (Å²) in [5, 5.41) is 46.2. The van der Waals surface area contributed by atoms with Gasteiger partial charge in [0.05, 0.1) is 35.9 Å². The highest BCUT2D eigenvalue weighted by atomic mass is 16.7. The molecule has 0 aromatic carbocycles. The Kier molecular flexibility index (Phi) is 13.6. The first-order chi connectivity index (χ1) is 24.0. The normalized spacial score (nSPS) is 48.2. The van der Waals surface area contributed by atoms with E-state index in [1.54, 1.807) is 34.6 Å². The highest BCUT2D eigenvalue weighted by Gasteiger charge is 2.56. The number of methoxy groups -OCH3 is 1. The van der Waals surface area contributed by atoms with Crippen molar-refractivity contribution in [2.45, 2.75) is 199 Å². The Bertz CT molecular complexity index is 1260. The molecule has 0 aliphatic carbocycles. The number of carbonyl (C=O) groups excluding carboxylic acids is 1. The molecule has 13 heteroatoms. The SMILES string of the molecule is CC[C@H]1OC(=O)[C@H](C)C(O[C@H]2C[C@@](C)(OC)[C@@H](O)[C@H](C)O2)[C@H](C)[C@H](O[C@@H]2O[C@H](C)C[C@H](N(C)C(C)C)[C@H]2O)[C@@]2(C)CC(C)=C(O2)[C@H](C)[C@@H](O)[C@]1(C)O. The van der Waals surface area contributed by atoms with E-state index in [2.05, 4.69) is 18.7 Å². The lowest BCUT2D eigenvalue weighted by Crippen LogP contribution is -2.61. The molecule has 4 N–H and O–H groups in total. The van der Waals surface area contributed by atoms with Crippen molar-refractivity contribution >= 4 is 5.97 Å². The number of ether oxygens (including phenoxy) is 7. The van der Waals surface area contributed by atoms with Gasteiger partial charge in [0.2, 0.25) is 0 Å². The van der Waals surface area contributed by atoms with Gasteiger partial charge in [0.15, 0.2) is 12.6 Å². The summed E-state index contributed by atoms with van der Waals surface area (Å²) in [4.78, 5) is 16.3. The average Bonchev–Trinajstić information content (AvgIpc) is 3.40. The summed E-state index contributed by atoms with van der Waals surface area (Å²) in [5.74, 6) is -2.33. The van der Waals surface area contributed by atoms with E-state index in [9.17, 15) is 25.2 Å². The number of rotatable bonds is 8. The van der Waals surface area contributed by atoms with Gasteiger partial charge in [0.1, 0.15) is 41.4 Å². The Morgan fingerprint density at radius 3 is 2.19 bits per heavy atom. The van der Waals surface area contributed by atoms with Crippen molar-refractivity contribution < 1.29 is 58.4 Å². The molecule has 0 amide bonds. The topological polar surface area (TPSA) is 166 Å². The maximum atomic E-state index is 14.2. The van der Waals surface area contributed by atoms with E-state index < -0.39 is 95.8 Å². The van der Waals surface area contributed by atoms with Gasteiger partial charge in [-0.25, -0.2) is 0 Å². The molecule has 13 nitrogen and oxygen atoms in total. The van der Waals surface area contributed by atoms with Crippen LogP contribution in [0, 0.1) is 17.8 Å². The number of hydrogen-bond acceptors (Lipinski definition) is 13. The third-order valence-corrected chi connectivity index (χ3v) is 12.6. The van der Waals surface area contributed by atoms with Crippen molar-refractivity contribution in [1.29, 1.82) is 0 Å². The zero-order valence-corrected chi connectivity index (χ0v) is 34.0. The van der Waals surface area contributed by atoms with Gasteiger partial charge in [0.25, 0.3) is 0 Å². The molecular weight excluding hydrogens is 674 g/mol. The molecule has 0 saturated carbocycles. The third kappa shape index (κ3) is 8.39. The minimum absolute atomic E-state index is 0.163. The lowest BCUT2D eigenvalue weighted by molar-refractivity contribution is -0.317. The number of nitrogens with zero attached hydrogens (tertiary/aromatic N) is 1. The first-order valence-electron chi connectivity index (χ1n) is 19.3. The van der Waals surface area contributed by atoms with Crippen molar-refractivity contribution in [1.82, 2.24) is 4.90 Å². The molecule has 4 aliphatic heterocycles. The minimum Gasteiger partial charge on any atom is -0.489 e. The monoisotopic (exact) mass is 743 g/mol. The Labute approximate surface area is 311 Å². The number of aliphatic hydroxyl groups excluding tert-OH is 3. The molecule has 4 aliphatic rings. The molecular formula is C39H69NO12. The molecule has 2 bridgehead atoms. The zero-order valence-electron chi connectivity index (χ0n) is 34.0. The van der Waals surface area contributed by atoms with Crippen LogP contribution in [0.4, 0.5) is 0 Å². The lowest BCUT2D eigenvalue weighted by atomic mass is 9.78. The summed E-state index contributed by atoms with van der Waals surface area (Å²) >= 11 is 0. The van der Waals surface area contributed by atoms with Gasteiger partial charge in [-0.1, -0.05) is 20.8 Å². The number of esters is 1. The summed E-state index contributed by atoms with van der Waals surface area (Å²) in [5.41, 5.74) is -3.01. The van der Waals surface area contributed by atoms with E-state index in [1.165, 1.54) is 14.0 Å². The van der Waals surface area contributed by atoms with E-state index in [4.69, 9.17) is 33.2 Å².